The third-order valence-corrected chi connectivity index (χ3v) is 7.86. The summed E-state index contributed by atoms with van der Waals surface area (Å²) in [6.45, 7) is 4.29. The molecule has 0 saturated heterocycles. The van der Waals surface area contributed by atoms with Crippen molar-refractivity contribution in [1.29, 1.82) is 0 Å². The summed E-state index contributed by atoms with van der Waals surface area (Å²) in [7, 11) is 0. The minimum absolute atomic E-state index is 0.0551. The van der Waals surface area contributed by atoms with Crippen molar-refractivity contribution in [1.82, 2.24) is 0 Å². The molecule has 22 heavy (non-hydrogen) atoms. The summed E-state index contributed by atoms with van der Waals surface area (Å²) in [6, 6.07) is 0. The number of fused-ring (bicyclic) bond motifs is 5. The van der Waals surface area contributed by atoms with Crippen molar-refractivity contribution in [2.75, 3.05) is 0 Å². The van der Waals surface area contributed by atoms with E-state index in [-0.39, 0.29) is 22.9 Å². The van der Waals surface area contributed by atoms with Gasteiger partial charge in [0.15, 0.2) is 5.78 Å². The Labute approximate surface area is 132 Å². The average Bonchev–Trinajstić information content (AvgIpc) is 2.72. The van der Waals surface area contributed by atoms with E-state index in [1.807, 2.05) is 13.0 Å². The summed E-state index contributed by atoms with van der Waals surface area (Å²) in [5, 5.41) is 11.5. The van der Waals surface area contributed by atoms with E-state index in [2.05, 4.69) is 6.92 Å². The highest BCUT2D eigenvalue weighted by Gasteiger charge is 2.66. The van der Waals surface area contributed by atoms with Crippen LogP contribution in [-0.2, 0) is 9.59 Å². The molecule has 3 nitrogen and oxygen atoms in total. The predicted octanol–water partition coefficient (Wildman–Crippen LogP) is 3.20. The second kappa shape index (κ2) is 4.31. The Balaban J connectivity index is 1.76. The van der Waals surface area contributed by atoms with Gasteiger partial charge >= 0.3 is 0 Å². The van der Waals surface area contributed by atoms with Gasteiger partial charge in [0.25, 0.3) is 0 Å². The van der Waals surface area contributed by atoms with Gasteiger partial charge in [-0.15, -0.1) is 0 Å². The van der Waals surface area contributed by atoms with Crippen molar-refractivity contribution in [3.63, 3.8) is 0 Å². The molecule has 0 spiro atoms. The normalized spacial score (nSPS) is 51.0. The van der Waals surface area contributed by atoms with E-state index in [1.54, 1.807) is 0 Å². The van der Waals surface area contributed by atoms with Crippen LogP contribution >= 0.6 is 0 Å². The first-order valence-electron chi connectivity index (χ1n) is 8.81. The van der Waals surface area contributed by atoms with Gasteiger partial charge in [0.1, 0.15) is 5.78 Å². The molecule has 0 aliphatic heterocycles. The molecule has 0 aromatic rings. The molecule has 5 atom stereocenters. The summed E-state index contributed by atoms with van der Waals surface area (Å²) in [4.78, 5) is 24.2. The molecule has 0 heterocycles. The van der Waals surface area contributed by atoms with Gasteiger partial charge in [-0.1, -0.05) is 12.5 Å². The summed E-state index contributed by atoms with van der Waals surface area (Å²) < 4.78 is 0. The van der Waals surface area contributed by atoms with Crippen LogP contribution in [0.5, 0.6) is 0 Å². The lowest BCUT2D eigenvalue weighted by Gasteiger charge is -2.60. The van der Waals surface area contributed by atoms with Crippen LogP contribution in [0, 0.1) is 22.7 Å². The summed E-state index contributed by atoms with van der Waals surface area (Å²) in [6.07, 6.45) is 8.27. The SMILES string of the molecule is CC12CCC(=O)C=C1CCC1C2CCC2(C)C(=O)CC[C@]12O. The van der Waals surface area contributed by atoms with Crippen molar-refractivity contribution in [2.24, 2.45) is 22.7 Å². The fourth-order valence-corrected chi connectivity index (χ4v) is 6.30. The number of hydrogen-bond donors (Lipinski definition) is 1. The molecule has 120 valence electrons. The van der Waals surface area contributed by atoms with Gasteiger partial charge in [-0.05, 0) is 68.8 Å². The van der Waals surface area contributed by atoms with Crippen molar-refractivity contribution < 1.29 is 14.7 Å². The van der Waals surface area contributed by atoms with Crippen molar-refractivity contribution in [3.8, 4) is 0 Å². The quantitative estimate of drug-likeness (QED) is 0.747. The Morgan fingerprint density at radius 2 is 1.77 bits per heavy atom. The Morgan fingerprint density at radius 3 is 2.55 bits per heavy atom. The Bertz CT molecular complexity index is 591. The number of hydrogen-bond acceptors (Lipinski definition) is 3. The summed E-state index contributed by atoms with van der Waals surface area (Å²) in [5.74, 6) is 1.16. The third kappa shape index (κ3) is 1.56. The maximum atomic E-state index is 12.4. The zero-order valence-corrected chi connectivity index (χ0v) is 13.7. The van der Waals surface area contributed by atoms with E-state index < -0.39 is 11.0 Å². The van der Waals surface area contributed by atoms with Gasteiger partial charge in [-0.25, -0.2) is 0 Å². The van der Waals surface area contributed by atoms with E-state index >= 15 is 0 Å². The molecule has 0 amide bonds. The van der Waals surface area contributed by atoms with Crippen LogP contribution in [-0.4, -0.2) is 22.3 Å². The van der Waals surface area contributed by atoms with Gasteiger partial charge < -0.3 is 5.11 Å². The first kappa shape index (κ1) is 14.6. The number of rotatable bonds is 0. The van der Waals surface area contributed by atoms with Gasteiger partial charge in [-0.2, -0.15) is 0 Å². The lowest BCUT2D eigenvalue weighted by atomic mass is 9.46. The van der Waals surface area contributed by atoms with E-state index in [1.165, 1.54) is 5.57 Å². The van der Waals surface area contributed by atoms with Gasteiger partial charge in [0.05, 0.1) is 11.0 Å². The fourth-order valence-electron chi connectivity index (χ4n) is 6.30. The number of carbonyl (C=O) groups is 2. The number of aliphatic hydroxyl groups is 1. The first-order chi connectivity index (χ1) is 10.3. The van der Waals surface area contributed by atoms with Crippen LogP contribution < -0.4 is 0 Å². The predicted molar refractivity (Wildman–Crippen MR) is 83.2 cm³/mol. The minimum Gasteiger partial charge on any atom is -0.389 e. The van der Waals surface area contributed by atoms with Crippen LogP contribution in [0.25, 0.3) is 0 Å². The number of ketones is 2. The highest BCUT2D eigenvalue weighted by Crippen LogP contribution is 2.65. The Kier molecular flexibility index (Phi) is 2.87. The van der Waals surface area contributed by atoms with Crippen LogP contribution in [0.1, 0.15) is 65.2 Å². The van der Waals surface area contributed by atoms with E-state index in [9.17, 15) is 14.7 Å². The highest BCUT2D eigenvalue weighted by molar-refractivity contribution is 5.92. The van der Waals surface area contributed by atoms with Gasteiger partial charge in [0.2, 0.25) is 0 Å². The standard InChI is InChI=1S/C19H26O3/c1-17-8-5-13(20)11-12(17)3-4-15-14(17)6-9-18(2)16(21)7-10-19(15,18)22/h11,14-15,22H,3-10H2,1-2H3/t14?,15?,17?,18?,19-/m0/s1. The number of carbonyl (C=O) groups excluding carboxylic acids is 2. The molecular weight excluding hydrogens is 276 g/mol. The smallest absolute Gasteiger partial charge is 0.155 e. The molecule has 1 N–H and O–H groups in total. The maximum absolute atomic E-state index is 12.4. The van der Waals surface area contributed by atoms with E-state index in [0.717, 1.165) is 32.1 Å². The first-order valence-corrected chi connectivity index (χ1v) is 8.81. The molecule has 0 radical (unpaired) electrons. The molecule has 4 rings (SSSR count). The summed E-state index contributed by atoms with van der Waals surface area (Å²) >= 11 is 0. The lowest BCUT2D eigenvalue weighted by molar-refractivity contribution is -0.178. The van der Waals surface area contributed by atoms with E-state index in [4.69, 9.17) is 0 Å². The number of Topliss-reactive ketones (excluding diaryl/α,β-unsaturated/α-hetero) is 1. The van der Waals surface area contributed by atoms with E-state index in [0.29, 0.717) is 25.2 Å². The largest absolute Gasteiger partial charge is 0.389 e. The average molecular weight is 302 g/mol. The van der Waals surface area contributed by atoms with Crippen molar-refractivity contribution in [3.05, 3.63) is 11.6 Å². The fraction of sp³-hybridized carbons (Fsp3) is 0.789. The molecule has 4 unspecified atom stereocenters. The van der Waals surface area contributed by atoms with Crippen molar-refractivity contribution in [2.45, 2.75) is 70.8 Å². The van der Waals surface area contributed by atoms with Crippen LogP contribution in [0.15, 0.2) is 11.6 Å². The molecule has 4 aliphatic carbocycles. The molecule has 0 aromatic heterocycles. The zero-order chi connectivity index (χ0) is 15.8. The zero-order valence-electron chi connectivity index (χ0n) is 13.7. The molecular formula is C19H26O3. The van der Waals surface area contributed by atoms with Crippen LogP contribution in [0.4, 0.5) is 0 Å². The second-order valence-electron chi connectivity index (χ2n) is 8.52. The second-order valence-corrected chi connectivity index (χ2v) is 8.52. The molecule has 4 aliphatic rings. The monoisotopic (exact) mass is 302 g/mol. The molecule has 0 aromatic carbocycles. The van der Waals surface area contributed by atoms with Gasteiger partial charge in [-0.3, -0.25) is 9.59 Å². The molecule has 3 heteroatoms. The maximum Gasteiger partial charge on any atom is 0.155 e. The molecule has 0 bridgehead atoms. The topological polar surface area (TPSA) is 54.4 Å². The third-order valence-electron chi connectivity index (χ3n) is 7.86. The van der Waals surface area contributed by atoms with Crippen LogP contribution in [0.3, 0.4) is 0 Å². The number of allylic oxidation sites excluding steroid dienone is 1. The lowest BCUT2D eigenvalue weighted by Crippen LogP contribution is -2.60. The Morgan fingerprint density at radius 1 is 1.00 bits per heavy atom. The highest BCUT2D eigenvalue weighted by atomic mass is 16.3. The molecule has 3 fully saturated rings. The van der Waals surface area contributed by atoms with Crippen molar-refractivity contribution >= 4 is 11.6 Å². The van der Waals surface area contributed by atoms with Crippen LogP contribution in [0.2, 0.25) is 0 Å². The van der Waals surface area contributed by atoms with Gasteiger partial charge in [0, 0.05) is 12.8 Å². The Hall–Kier alpha value is -0.960. The minimum atomic E-state index is -0.816. The molecule has 3 saturated carbocycles. The summed E-state index contributed by atoms with van der Waals surface area (Å²) in [5.41, 5.74) is 0.0141.